The molecule has 0 heterocycles. The number of hydrogen-bond acceptors (Lipinski definition) is 1. The third-order valence-corrected chi connectivity index (χ3v) is 2.97. The Balaban J connectivity index is 2.73. The third-order valence-electron chi connectivity index (χ3n) is 2.97. The number of hydrogen-bond donors (Lipinski definition) is 1. The van der Waals surface area contributed by atoms with Crippen LogP contribution in [0.5, 0.6) is 0 Å². The van der Waals surface area contributed by atoms with Gasteiger partial charge >= 0.3 is 6.18 Å². The zero-order valence-corrected chi connectivity index (χ0v) is 11.0. The number of nitrogens with one attached hydrogen (secondary N) is 1. The third kappa shape index (κ3) is 4.24. The molecule has 0 aliphatic heterocycles. The van der Waals surface area contributed by atoms with Gasteiger partial charge in [0, 0.05) is 11.7 Å². The van der Waals surface area contributed by atoms with E-state index in [-0.39, 0.29) is 0 Å². The lowest BCUT2D eigenvalue weighted by atomic mass is 9.99. The van der Waals surface area contributed by atoms with Crippen LogP contribution >= 0.6 is 0 Å². The molecule has 4 heteroatoms. The van der Waals surface area contributed by atoms with Crippen LogP contribution in [0.4, 0.5) is 18.9 Å². The molecule has 0 aromatic heterocycles. The average Bonchev–Trinajstić information content (AvgIpc) is 2.28. The molecule has 1 atom stereocenters. The second kappa shape index (κ2) is 6.12. The van der Waals surface area contributed by atoms with Crippen LogP contribution in [0.15, 0.2) is 24.3 Å². The lowest BCUT2D eigenvalue weighted by molar-refractivity contribution is -0.137. The van der Waals surface area contributed by atoms with E-state index >= 15 is 0 Å². The van der Waals surface area contributed by atoms with Crippen molar-refractivity contribution in [2.24, 2.45) is 5.92 Å². The number of benzene rings is 1. The molecule has 0 bridgehead atoms. The van der Waals surface area contributed by atoms with Gasteiger partial charge in [0.25, 0.3) is 0 Å². The minimum atomic E-state index is -4.26. The van der Waals surface area contributed by atoms with Gasteiger partial charge < -0.3 is 5.32 Å². The van der Waals surface area contributed by atoms with Crippen molar-refractivity contribution in [3.8, 4) is 0 Å². The zero-order chi connectivity index (χ0) is 13.8. The van der Waals surface area contributed by atoms with Crippen molar-refractivity contribution in [1.29, 1.82) is 0 Å². The predicted molar refractivity (Wildman–Crippen MR) is 68.6 cm³/mol. The fraction of sp³-hybridized carbons (Fsp3) is 0.571. The molecule has 1 rings (SSSR count). The molecule has 18 heavy (non-hydrogen) atoms. The van der Waals surface area contributed by atoms with Crippen molar-refractivity contribution in [3.63, 3.8) is 0 Å². The number of alkyl halides is 3. The van der Waals surface area contributed by atoms with Crippen molar-refractivity contribution in [3.05, 3.63) is 29.8 Å². The highest BCUT2D eigenvalue weighted by Crippen LogP contribution is 2.30. The molecule has 0 aliphatic rings. The molecule has 0 radical (unpaired) electrons. The van der Waals surface area contributed by atoms with Gasteiger partial charge in [-0.25, -0.2) is 0 Å². The first-order chi connectivity index (χ1) is 8.34. The molecule has 0 aliphatic carbocycles. The first-order valence-electron chi connectivity index (χ1n) is 6.28. The van der Waals surface area contributed by atoms with Gasteiger partial charge in [0.05, 0.1) is 5.56 Å². The maximum absolute atomic E-state index is 12.4. The molecule has 1 nitrogen and oxygen atoms in total. The lowest BCUT2D eigenvalue weighted by Crippen LogP contribution is -2.25. The average molecular weight is 259 g/mol. The zero-order valence-electron chi connectivity index (χ0n) is 11.0. The highest BCUT2D eigenvalue weighted by Gasteiger charge is 2.30. The van der Waals surface area contributed by atoms with E-state index in [1.807, 2.05) is 0 Å². The van der Waals surface area contributed by atoms with E-state index in [1.54, 1.807) is 0 Å². The Bertz CT molecular complexity index is 354. The predicted octanol–water partition coefficient (Wildman–Crippen LogP) is 4.94. The Labute approximate surface area is 106 Å². The second-order valence-corrected chi connectivity index (χ2v) is 4.86. The van der Waals surface area contributed by atoms with Crippen molar-refractivity contribution >= 4 is 5.69 Å². The van der Waals surface area contributed by atoms with Crippen molar-refractivity contribution in [2.45, 2.75) is 45.8 Å². The molecule has 0 saturated heterocycles. The molecule has 1 unspecified atom stereocenters. The minimum Gasteiger partial charge on any atom is -0.382 e. The van der Waals surface area contributed by atoms with E-state index in [4.69, 9.17) is 0 Å². The molecule has 1 aromatic carbocycles. The fourth-order valence-corrected chi connectivity index (χ4v) is 1.85. The summed E-state index contributed by atoms with van der Waals surface area (Å²) in [5.41, 5.74) is 0.139. The fourth-order valence-electron chi connectivity index (χ4n) is 1.85. The van der Waals surface area contributed by atoms with Crippen LogP contribution in [0.3, 0.4) is 0 Å². The summed E-state index contributed by atoms with van der Waals surface area (Å²) < 4.78 is 37.2. The largest absolute Gasteiger partial charge is 0.416 e. The molecule has 0 saturated carbocycles. The second-order valence-electron chi connectivity index (χ2n) is 4.86. The van der Waals surface area contributed by atoms with Gasteiger partial charge in [-0.2, -0.15) is 13.2 Å². The van der Waals surface area contributed by atoms with Crippen LogP contribution < -0.4 is 5.32 Å². The SMILES string of the molecule is CCCC(Nc1ccc(C(F)(F)F)cc1)C(C)C. The summed E-state index contributed by atoms with van der Waals surface area (Å²) in [6.45, 7) is 6.32. The molecule has 102 valence electrons. The van der Waals surface area contributed by atoms with Gasteiger partial charge in [-0.15, -0.1) is 0 Å². The van der Waals surface area contributed by atoms with Gasteiger partial charge in [-0.3, -0.25) is 0 Å². The summed E-state index contributed by atoms with van der Waals surface area (Å²) in [6.07, 6.45) is -2.20. The Morgan fingerprint density at radius 2 is 1.67 bits per heavy atom. The Kier molecular flexibility index (Phi) is 5.05. The summed E-state index contributed by atoms with van der Waals surface area (Å²) in [5, 5.41) is 3.29. The first-order valence-corrected chi connectivity index (χ1v) is 6.28. The quantitative estimate of drug-likeness (QED) is 0.789. The van der Waals surface area contributed by atoms with Crippen molar-refractivity contribution in [1.82, 2.24) is 0 Å². The Morgan fingerprint density at radius 1 is 1.11 bits per heavy atom. The van der Waals surface area contributed by atoms with E-state index in [0.717, 1.165) is 30.7 Å². The van der Waals surface area contributed by atoms with Gasteiger partial charge in [-0.1, -0.05) is 27.2 Å². The van der Waals surface area contributed by atoms with Gasteiger partial charge in [-0.05, 0) is 36.6 Å². The van der Waals surface area contributed by atoms with E-state index in [0.29, 0.717) is 12.0 Å². The molecular weight excluding hydrogens is 239 g/mol. The van der Waals surface area contributed by atoms with Gasteiger partial charge in [0.2, 0.25) is 0 Å². The van der Waals surface area contributed by atoms with Crippen molar-refractivity contribution < 1.29 is 13.2 Å². The highest BCUT2D eigenvalue weighted by molar-refractivity contribution is 5.46. The standard InChI is InChI=1S/C14H20F3N/c1-4-5-13(10(2)3)18-12-8-6-11(7-9-12)14(15,16)17/h6-10,13,18H,4-5H2,1-3H3. The summed E-state index contributed by atoms with van der Waals surface area (Å²) >= 11 is 0. The summed E-state index contributed by atoms with van der Waals surface area (Å²) in [6, 6.07) is 5.52. The molecular formula is C14H20F3N. The van der Waals surface area contributed by atoms with E-state index in [2.05, 4.69) is 26.1 Å². The molecule has 1 aromatic rings. The molecule has 0 spiro atoms. The molecule has 1 N–H and O–H groups in total. The Morgan fingerprint density at radius 3 is 2.06 bits per heavy atom. The summed E-state index contributed by atoms with van der Waals surface area (Å²) in [7, 11) is 0. The van der Waals surface area contributed by atoms with Crippen LogP contribution in [-0.2, 0) is 6.18 Å². The molecule has 0 fully saturated rings. The van der Waals surface area contributed by atoms with Crippen LogP contribution in [0.25, 0.3) is 0 Å². The van der Waals surface area contributed by atoms with Crippen LogP contribution in [0.1, 0.15) is 39.2 Å². The van der Waals surface area contributed by atoms with Crippen molar-refractivity contribution in [2.75, 3.05) is 5.32 Å². The number of anilines is 1. The van der Waals surface area contributed by atoms with Gasteiger partial charge in [0.15, 0.2) is 0 Å². The van der Waals surface area contributed by atoms with Crippen LogP contribution in [0.2, 0.25) is 0 Å². The monoisotopic (exact) mass is 259 g/mol. The smallest absolute Gasteiger partial charge is 0.382 e. The topological polar surface area (TPSA) is 12.0 Å². The van der Waals surface area contributed by atoms with Crippen LogP contribution in [-0.4, -0.2) is 6.04 Å². The van der Waals surface area contributed by atoms with E-state index in [9.17, 15) is 13.2 Å². The first kappa shape index (κ1) is 14.9. The summed E-state index contributed by atoms with van der Waals surface area (Å²) in [4.78, 5) is 0. The minimum absolute atomic E-state index is 0.298. The normalized spacial score (nSPS) is 13.7. The van der Waals surface area contributed by atoms with Gasteiger partial charge in [0.1, 0.15) is 0 Å². The summed E-state index contributed by atoms with van der Waals surface area (Å²) in [5.74, 6) is 0.451. The lowest BCUT2D eigenvalue weighted by Gasteiger charge is -2.23. The number of rotatable bonds is 5. The highest BCUT2D eigenvalue weighted by atomic mass is 19.4. The van der Waals surface area contributed by atoms with E-state index < -0.39 is 11.7 Å². The van der Waals surface area contributed by atoms with Crippen LogP contribution in [0, 0.1) is 5.92 Å². The Hall–Kier alpha value is -1.19. The number of halogens is 3. The molecule has 0 amide bonds. The maximum atomic E-state index is 12.4. The van der Waals surface area contributed by atoms with E-state index in [1.165, 1.54) is 12.1 Å². The maximum Gasteiger partial charge on any atom is 0.416 e.